The zero-order valence-corrected chi connectivity index (χ0v) is 15.4. The van der Waals surface area contributed by atoms with Gasteiger partial charge in [-0.2, -0.15) is 0 Å². The van der Waals surface area contributed by atoms with Crippen LogP contribution in [-0.4, -0.2) is 11.7 Å². The Bertz CT molecular complexity index is 985. The minimum absolute atomic E-state index is 0.164. The maximum absolute atomic E-state index is 12.8. The van der Waals surface area contributed by atoms with E-state index in [1.807, 2.05) is 19.1 Å². The van der Waals surface area contributed by atoms with Gasteiger partial charge in [0, 0.05) is 16.1 Å². The summed E-state index contributed by atoms with van der Waals surface area (Å²) >= 11 is 12.0. The molecule has 0 aromatic heterocycles. The van der Waals surface area contributed by atoms with E-state index in [9.17, 15) is 9.59 Å². The van der Waals surface area contributed by atoms with E-state index >= 15 is 0 Å². The zero-order valence-electron chi connectivity index (χ0n) is 13.9. The maximum Gasteiger partial charge on any atom is 0.257 e. The van der Waals surface area contributed by atoms with Crippen LogP contribution in [0.2, 0.25) is 10.0 Å². The van der Waals surface area contributed by atoms with Crippen LogP contribution in [0.25, 0.3) is 0 Å². The number of hydrogen-bond donors (Lipinski definition) is 1. The number of benzene rings is 3. The highest BCUT2D eigenvalue weighted by Crippen LogP contribution is 2.25. The highest BCUT2D eigenvalue weighted by Gasteiger charge is 2.17. The Labute approximate surface area is 161 Å². The van der Waals surface area contributed by atoms with Crippen LogP contribution < -0.4 is 5.32 Å². The molecule has 0 fully saturated rings. The highest BCUT2D eigenvalue weighted by atomic mass is 35.5. The molecule has 0 atom stereocenters. The molecule has 3 aromatic rings. The summed E-state index contributed by atoms with van der Waals surface area (Å²) in [4.78, 5) is 25.4. The van der Waals surface area contributed by atoms with Gasteiger partial charge in [-0.15, -0.1) is 0 Å². The molecule has 0 aliphatic carbocycles. The first-order valence-corrected chi connectivity index (χ1v) is 8.68. The van der Waals surface area contributed by atoms with Gasteiger partial charge in [0.25, 0.3) is 5.91 Å². The number of carbonyl (C=O) groups excluding carboxylic acids is 2. The SMILES string of the molecule is Cc1ccc(C(=O)c2ccccc2)c(NC(=O)c2ccc(Cl)cc2Cl)c1. The van der Waals surface area contributed by atoms with Crippen molar-refractivity contribution >= 4 is 40.6 Å². The molecule has 0 saturated carbocycles. The van der Waals surface area contributed by atoms with Crippen LogP contribution in [0.15, 0.2) is 66.7 Å². The normalized spacial score (nSPS) is 10.4. The first-order chi connectivity index (χ1) is 12.5. The third-order valence-electron chi connectivity index (χ3n) is 3.88. The van der Waals surface area contributed by atoms with Gasteiger partial charge in [0.15, 0.2) is 5.78 Å². The summed E-state index contributed by atoms with van der Waals surface area (Å²) in [7, 11) is 0. The van der Waals surface area contributed by atoms with Crippen molar-refractivity contribution in [2.75, 3.05) is 5.32 Å². The minimum Gasteiger partial charge on any atom is -0.321 e. The summed E-state index contributed by atoms with van der Waals surface area (Å²) in [6, 6.07) is 18.9. The van der Waals surface area contributed by atoms with Crippen molar-refractivity contribution in [2.24, 2.45) is 0 Å². The highest BCUT2D eigenvalue weighted by molar-refractivity contribution is 6.37. The third kappa shape index (κ3) is 3.96. The van der Waals surface area contributed by atoms with Crippen LogP contribution >= 0.6 is 23.2 Å². The van der Waals surface area contributed by atoms with Crippen molar-refractivity contribution in [3.05, 3.63) is 99.0 Å². The van der Waals surface area contributed by atoms with E-state index in [0.717, 1.165) is 5.56 Å². The van der Waals surface area contributed by atoms with E-state index in [2.05, 4.69) is 5.32 Å². The van der Waals surface area contributed by atoms with E-state index in [0.29, 0.717) is 21.8 Å². The molecule has 26 heavy (non-hydrogen) atoms. The van der Waals surface area contributed by atoms with Crippen molar-refractivity contribution in [3.8, 4) is 0 Å². The van der Waals surface area contributed by atoms with Crippen LogP contribution in [0.1, 0.15) is 31.8 Å². The summed E-state index contributed by atoms with van der Waals surface area (Å²) in [6.45, 7) is 1.89. The number of carbonyl (C=O) groups is 2. The molecule has 0 heterocycles. The lowest BCUT2D eigenvalue weighted by atomic mass is 10.00. The van der Waals surface area contributed by atoms with Gasteiger partial charge in [0.2, 0.25) is 0 Å². The van der Waals surface area contributed by atoms with Crippen LogP contribution in [0.4, 0.5) is 5.69 Å². The Morgan fingerprint density at radius 3 is 2.23 bits per heavy atom. The fourth-order valence-electron chi connectivity index (χ4n) is 2.57. The van der Waals surface area contributed by atoms with E-state index in [1.165, 1.54) is 6.07 Å². The molecule has 0 bridgehead atoms. The lowest BCUT2D eigenvalue weighted by molar-refractivity contribution is 0.102. The smallest absolute Gasteiger partial charge is 0.257 e. The predicted molar refractivity (Wildman–Crippen MR) is 105 cm³/mol. The van der Waals surface area contributed by atoms with E-state index in [1.54, 1.807) is 48.5 Å². The van der Waals surface area contributed by atoms with Gasteiger partial charge in [0.05, 0.1) is 16.3 Å². The number of rotatable bonds is 4. The monoisotopic (exact) mass is 383 g/mol. The van der Waals surface area contributed by atoms with E-state index in [4.69, 9.17) is 23.2 Å². The van der Waals surface area contributed by atoms with Gasteiger partial charge in [-0.1, -0.05) is 59.6 Å². The molecule has 0 spiro atoms. The Morgan fingerprint density at radius 2 is 1.54 bits per heavy atom. The van der Waals surface area contributed by atoms with Crippen molar-refractivity contribution in [2.45, 2.75) is 6.92 Å². The Kier molecular flexibility index (Phi) is 5.40. The molecule has 0 aliphatic heterocycles. The van der Waals surface area contributed by atoms with Crippen LogP contribution in [0.3, 0.4) is 0 Å². The second kappa shape index (κ2) is 7.73. The topological polar surface area (TPSA) is 46.2 Å². The lowest BCUT2D eigenvalue weighted by Crippen LogP contribution is -2.16. The van der Waals surface area contributed by atoms with Crippen molar-refractivity contribution < 1.29 is 9.59 Å². The standard InChI is InChI=1S/C21H15Cl2NO2/c1-13-7-9-17(20(25)14-5-3-2-4-6-14)19(11-13)24-21(26)16-10-8-15(22)12-18(16)23/h2-12H,1H3,(H,24,26). The van der Waals surface area contributed by atoms with Gasteiger partial charge >= 0.3 is 0 Å². The molecule has 5 heteroatoms. The Morgan fingerprint density at radius 1 is 0.846 bits per heavy atom. The van der Waals surface area contributed by atoms with Gasteiger partial charge in [-0.25, -0.2) is 0 Å². The average molecular weight is 384 g/mol. The maximum atomic E-state index is 12.8. The molecular formula is C21H15Cl2NO2. The molecule has 0 saturated heterocycles. The summed E-state index contributed by atoms with van der Waals surface area (Å²) in [5.41, 5.74) is 2.62. The first-order valence-electron chi connectivity index (χ1n) is 7.92. The fourth-order valence-corrected chi connectivity index (χ4v) is 3.06. The molecule has 0 radical (unpaired) electrons. The van der Waals surface area contributed by atoms with Crippen molar-refractivity contribution in [1.82, 2.24) is 0 Å². The number of hydrogen-bond acceptors (Lipinski definition) is 2. The quantitative estimate of drug-likeness (QED) is 0.579. The van der Waals surface area contributed by atoms with Crippen molar-refractivity contribution in [3.63, 3.8) is 0 Å². The predicted octanol–water partition coefficient (Wildman–Crippen LogP) is 5.79. The van der Waals surface area contributed by atoms with Gasteiger partial charge in [-0.3, -0.25) is 9.59 Å². The number of ketones is 1. The van der Waals surface area contributed by atoms with Gasteiger partial charge < -0.3 is 5.32 Å². The summed E-state index contributed by atoms with van der Waals surface area (Å²) in [6.07, 6.45) is 0. The van der Waals surface area contributed by atoms with Crippen LogP contribution in [-0.2, 0) is 0 Å². The molecular weight excluding hydrogens is 369 g/mol. The second-order valence-corrected chi connectivity index (χ2v) is 6.67. The Hall–Kier alpha value is -2.62. The molecule has 3 nitrogen and oxygen atoms in total. The second-order valence-electron chi connectivity index (χ2n) is 5.82. The average Bonchev–Trinajstić information content (AvgIpc) is 2.62. The largest absolute Gasteiger partial charge is 0.321 e. The van der Waals surface area contributed by atoms with E-state index < -0.39 is 5.91 Å². The third-order valence-corrected chi connectivity index (χ3v) is 4.43. The molecule has 3 aromatic carbocycles. The first kappa shape index (κ1) is 18.2. The number of halogens is 2. The summed E-state index contributed by atoms with van der Waals surface area (Å²) in [5.74, 6) is -0.567. The number of aryl methyl sites for hydroxylation is 1. The molecule has 130 valence electrons. The molecule has 1 amide bonds. The molecule has 0 unspecified atom stereocenters. The molecule has 0 aliphatic rings. The summed E-state index contributed by atoms with van der Waals surface area (Å²) < 4.78 is 0. The van der Waals surface area contributed by atoms with Crippen LogP contribution in [0.5, 0.6) is 0 Å². The zero-order chi connectivity index (χ0) is 18.7. The summed E-state index contributed by atoms with van der Waals surface area (Å²) in [5, 5.41) is 3.49. The number of anilines is 1. The number of amides is 1. The lowest BCUT2D eigenvalue weighted by Gasteiger charge is -2.12. The van der Waals surface area contributed by atoms with E-state index in [-0.39, 0.29) is 16.4 Å². The van der Waals surface area contributed by atoms with Crippen molar-refractivity contribution in [1.29, 1.82) is 0 Å². The number of nitrogens with one attached hydrogen (secondary N) is 1. The minimum atomic E-state index is -0.403. The molecule has 3 rings (SSSR count). The fraction of sp³-hybridized carbons (Fsp3) is 0.0476. The van der Waals surface area contributed by atoms with Gasteiger partial charge in [-0.05, 0) is 42.8 Å². The molecule has 1 N–H and O–H groups in total. The van der Waals surface area contributed by atoms with Crippen LogP contribution in [0, 0.1) is 6.92 Å². The Balaban J connectivity index is 1.96. The van der Waals surface area contributed by atoms with Gasteiger partial charge in [0.1, 0.15) is 0 Å².